The Bertz CT molecular complexity index is 1540. The van der Waals surface area contributed by atoms with Crippen molar-refractivity contribution in [2.75, 3.05) is 4.90 Å². The van der Waals surface area contributed by atoms with Crippen molar-refractivity contribution in [2.24, 2.45) is 5.92 Å². The molecular formula is C30H21FN2O3. The Labute approximate surface area is 207 Å². The van der Waals surface area contributed by atoms with E-state index in [2.05, 4.69) is 5.32 Å². The zero-order valence-corrected chi connectivity index (χ0v) is 19.1. The van der Waals surface area contributed by atoms with E-state index >= 15 is 0 Å². The van der Waals surface area contributed by atoms with Crippen LogP contribution < -0.4 is 15.0 Å². The molecule has 176 valence electrons. The van der Waals surface area contributed by atoms with E-state index in [1.54, 1.807) is 23.1 Å². The molecule has 7 rings (SSSR count). The highest BCUT2D eigenvalue weighted by Crippen LogP contribution is 2.62. The minimum absolute atomic E-state index is 0.173. The van der Waals surface area contributed by atoms with Gasteiger partial charge in [0.2, 0.25) is 0 Å². The molecule has 4 aromatic rings. The molecule has 3 aliphatic rings. The quantitative estimate of drug-likeness (QED) is 0.313. The summed E-state index contributed by atoms with van der Waals surface area (Å²) in [6, 6.07) is 30.1. The fourth-order valence-corrected chi connectivity index (χ4v) is 6.26. The number of nitrogens with one attached hydrogen (secondary N) is 1. The standard InChI is InChI=1S/C30H21FN2O3/c31-19-10-8-9-18(17-19)27-25-26(21-13-4-7-16-24(21)36-28(25)34)30(32-27)22-14-5-6-15-23(22)33(29(30)35)20-11-2-1-3-12-20/h1-17,25-27,32H/t25-,26+,27+,30-/m0/s1. The van der Waals surface area contributed by atoms with Crippen LogP contribution in [0.2, 0.25) is 0 Å². The van der Waals surface area contributed by atoms with Crippen LogP contribution in [-0.4, -0.2) is 11.9 Å². The van der Waals surface area contributed by atoms with Crippen molar-refractivity contribution < 1.29 is 18.7 Å². The van der Waals surface area contributed by atoms with Crippen LogP contribution in [0.4, 0.5) is 15.8 Å². The van der Waals surface area contributed by atoms with Crippen molar-refractivity contribution in [3.05, 3.63) is 126 Å². The number of carbonyl (C=O) groups is 2. The summed E-state index contributed by atoms with van der Waals surface area (Å²) >= 11 is 0. The lowest BCUT2D eigenvalue weighted by Gasteiger charge is -2.35. The van der Waals surface area contributed by atoms with Crippen LogP contribution in [-0.2, 0) is 15.1 Å². The number of para-hydroxylation sites is 3. The summed E-state index contributed by atoms with van der Waals surface area (Å²) in [6.07, 6.45) is 0. The molecule has 0 unspecified atom stereocenters. The smallest absolute Gasteiger partial charge is 0.317 e. The minimum atomic E-state index is -1.25. The molecule has 1 saturated heterocycles. The van der Waals surface area contributed by atoms with Gasteiger partial charge in [0.25, 0.3) is 5.91 Å². The van der Waals surface area contributed by atoms with Gasteiger partial charge in [-0.1, -0.05) is 66.7 Å². The number of halogens is 1. The second kappa shape index (κ2) is 7.60. The third-order valence-corrected chi connectivity index (χ3v) is 7.64. The van der Waals surface area contributed by atoms with Crippen LogP contribution in [0.5, 0.6) is 5.75 Å². The molecule has 4 aromatic carbocycles. The molecule has 0 aliphatic carbocycles. The second-order valence-corrected chi connectivity index (χ2v) is 9.44. The van der Waals surface area contributed by atoms with E-state index in [0.717, 1.165) is 22.5 Å². The first-order valence-electron chi connectivity index (χ1n) is 11.9. The van der Waals surface area contributed by atoms with Crippen LogP contribution in [0.3, 0.4) is 0 Å². The van der Waals surface area contributed by atoms with Gasteiger partial charge in [-0.15, -0.1) is 0 Å². The van der Waals surface area contributed by atoms with Crippen molar-refractivity contribution in [1.82, 2.24) is 5.32 Å². The Morgan fingerprint density at radius 3 is 2.42 bits per heavy atom. The van der Waals surface area contributed by atoms with Gasteiger partial charge in [0, 0.05) is 28.8 Å². The first-order chi connectivity index (χ1) is 17.6. The number of hydrogen-bond donors (Lipinski definition) is 1. The summed E-state index contributed by atoms with van der Waals surface area (Å²) in [5.74, 6) is -1.83. The third kappa shape index (κ3) is 2.73. The summed E-state index contributed by atoms with van der Waals surface area (Å²) in [6.45, 7) is 0. The highest BCUT2D eigenvalue weighted by molar-refractivity contribution is 6.14. The van der Waals surface area contributed by atoms with Gasteiger partial charge >= 0.3 is 5.97 Å². The number of fused-ring (bicyclic) bond motifs is 6. The van der Waals surface area contributed by atoms with Crippen molar-refractivity contribution in [3.63, 3.8) is 0 Å². The van der Waals surface area contributed by atoms with Crippen molar-refractivity contribution >= 4 is 23.3 Å². The topological polar surface area (TPSA) is 58.6 Å². The number of hydrogen-bond acceptors (Lipinski definition) is 4. The fraction of sp³-hybridized carbons (Fsp3) is 0.133. The summed E-state index contributed by atoms with van der Waals surface area (Å²) < 4.78 is 20.1. The molecule has 0 bridgehead atoms. The third-order valence-electron chi connectivity index (χ3n) is 7.64. The molecule has 1 fully saturated rings. The molecule has 3 heterocycles. The first kappa shape index (κ1) is 21.0. The Morgan fingerprint density at radius 1 is 0.833 bits per heavy atom. The number of ether oxygens (including phenoxy) is 1. The predicted octanol–water partition coefficient (Wildman–Crippen LogP) is 5.36. The van der Waals surface area contributed by atoms with Gasteiger partial charge in [0.15, 0.2) is 0 Å². The van der Waals surface area contributed by atoms with Gasteiger partial charge in [0.1, 0.15) is 17.1 Å². The van der Waals surface area contributed by atoms with Gasteiger partial charge < -0.3 is 4.74 Å². The van der Waals surface area contributed by atoms with Crippen molar-refractivity contribution in [3.8, 4) is 5.75 Å². The van der Waals surface area contributed by atoms with E-state index in [9.17, 15) is 14.0 Å². The normalized spacial score (nSPS) is 25.9. The van der Waals surface area contributed by atoms with Crippen molar-refractivity contribution in [2.45, 2.75) is 17.5 Å². The molecule has 5 nitrogen and oxygen atoms in total. The number of carbonyl (C=O) groups excluding carboxylic acids is 2. The monoisotopic (exact) mass is 476 g/mol. The lowest BCUT2D eigenvalue weighted by molar-refractivity contribution is -0.141. The summed E-state index contributed by atoms with van der Waals surface area (Å²) in [4.78, 5) is 29.9. The van der Waals surface area contributed by atoms with Gasteiger partial charge in [-0.3, -0.25) is 19.8 Å². The SMILES string of the molecule is O=C1Oc2ccccc2[C@@H]2[C@H]1[C@@H](c1cccc(F)c1)N[C@]21C(=O)N(c2ccccc2)c2ccccc21. The van der Waals surface area contributed by atoms with Crippen LogP contribution in [0.1, 0.15) is 28.7 Å². The highest BCUT2D eigenvalue weighted by atomic mass is 19.1. The van der Waals surface area contributed by atoms with Crippen LogP contribution in [0.15, 0.2) is 103 Å². The molecule has 0 radical (unpaired) electrons. The lowest BCUT2D eigenvalue weighted by Crippen LogP contribution is -2.50. The number of benzene rings is 4. The number of rotatable bonds is 2. The van der Waals surface area contributed by atoms with Crippen molar-refractivity contribution in [1.29, 1.82) is 0 Å². The van der Waals surface area contributed by atoms with E-state index in [1.807, 2.05) is 72.8 Å². The average Bonchev–Trinajstić information content (AvgIpc) is 3.39. The van der Waals surface area contributed by atoms with Crippen LogP contribution in [0, 0.1) is 11.7 Å². The Hall–Kier alpha value is -4.29. The zero-order valence-electron chi connectivity index (χ0n) is 19.1. The molecule has 1 amide bonds. The fourth-order valence-electron chi connectivity index (χ4n) is 6.26. The summed E-state index contributed by atoms with van der Waals surface area (Å²) in [5, 5.41) is 3.57. The molecule has 6 heteroatoms. The number of anilines is 2. The maximum Gasteiger partial charge on any atom is 0.317 e. The van der Waals surface area contributed by atoms with E-state index in [0.29, 0.717) is 11.3 Å². The molecule has 3 aliphatic heterocycles. The Morgan fingerprint density at radius 2 is 1.58 bits per heavy atom. The summed E-state index contributed by atoms with van der Waals surface area (Å²) in [7, 11) is 0. The Balaban J connectivity index is 1.51. The molecule has 36 heavy (non-hydrogen) atoms. The molecule has 4 atom stereocenters. The average molecular weight is 477 g/mol. The van der Waals surface area contributed by atoms with E-state index in [4.69, 9.17) is 4.74 Å². The molecular weight excluding hydrogens is 455 g/mol. The molecule has 1 spiro atoms. The molecule has 0 aromatic heterocycles. The maximum atomic E-state index is 14.6. The van der Waals surface area contributed by atoms with Crippen LogP contribution >= 0.6 is 0 Å². The van der Waals surface area contributed by atoms with E-state index < -0.39 is 35.2 Å². The van der Waals surface area contributed by atoms with Gasteiger partial charge in [-0.2, -0.15) is 0 Å². The first-order valence-corrected chi connectivity index (χ1v) is 11.9. The second-order valence-electron chi connectivity index (χ2n) is 9.44. The number of esters is 1. The van der Waals surface area contributed by atoms with Gasteiger partial charge in [0.05, 0.1) is 11.6 Å². The van der Waals surface area contributed by atoms with Gasteiger partial charge in [-0.05, 0) is 42.0 Å². The molecule has 0 saturated carbocycles. The molecule has 1 N–H and O–H groups in total. The van der Waals surface area contributed by atoms with Crippen LogP contribution in [0.25, 0.3) is 0 Å². The zero-order chi connectivity index (χ0) is 24.4. The maximum absolute atomic E-state index is 14.6. The summed E-state index contributed by atoms with van der Waals surface area (Å²) in [5.41, 5.74) is 2.43. The van der Waals surface area contributed by atoms with E-state index in [1.165, 1.54) is 12.1 Å². The Kier molecular flexibility index (Phi) is 4.44. The lowest BCUT2D eigenvalue weighted by atomic mass is 9.70. The highest BCUT2D eigenvalue weighted by Gasteiger charge is 2.68. The van der Waals surface area contributed by atoms with Gasteiger partial charge in [-0.25, -0.2) is 4.39 Å². The largest absolute Gasteiger partial charge is 0.426 e. The number of nitrogens with zero attached hydrogens (tertiary/aromatic N) is 1. The number of amides is 1. The van der Waals surface area contributed by atoms with E-state index in [-0.39, 0.29) is 5.91 Å². The predicted molar refractivity (Wildman–Crippen MR) is 132 cm³/mol. The minimum Gasteiger partial charge on any atom is -0.426 e.